The summed E-state index contributed by atoms with van der Waals surface area (Å²) in [5.41, 5.74) is 1.40. The summed E-state index contributed by atoms with van der Waals surface area (Å²) in [4.78, 5) is 0. The van der Waals surface area contributed by atoms with E-state index in [1.165, 1.54) is 12.1 Å². The number of alkyl halides is 2. The van der Waals surface area contributed by atoms with E-state index in [1.54, 1.807) is 18.2 Å². The summed E-state index contributed by atoms with van der Waals surface area (Å²) < 4.78 is 75.2. The summed E-state index contributed by atoms with van der Waals surface area (Å²) >= 11 is 0. The van der Waals surface area contributed by atoms with E-state index < -0.39 is 29.7 Å². The van der Waals surface area contributed by atoms with E-state index in [0.29, 0.717) is 30.2 Å². The highest BCUT2D eigenvalue weighted by Gasteiger charge is 2.39. The van der Waals surface area contributed by atoms with Crippen LogP contribution in [0.5, 0.6) is 0 Å². The molecule has 6 heteroatoms. The zero-order chi connectivity index (χ0) is 25.0. The predicted octanol–water partition coefficient (Wildman–Crippen LogP) is 8.82. The van der Waals surface area contributed by atoms with Gasteiger partial charge in [0, 0.05) is 0 Å². The van der Waals surface area contributed by atoms with Gasteiger partial charge in [0.15, 0.2) is 17.5 Å². The summed E-state index contributed by atoms with van der Waals surface area (Å²) in [6.45, 7) is 3.68. The third-order valence-electron chi connectivity index (χ3n) is 7.88. The van der Waals surface area contributed by atoms with Crippen LogP contribution < -0.4 is 0 Å². The second kappa shape index (κ2) is 11.2. The molecule has 4 rings (SSSR count). The Morgan fingerprint density at radius 2 is 1.37 bits per heavy atom. The van der Waals surface area contributed by atoms with Crippen LogP contribution in [-0.4, -0.2) is 6.10 Å². The Kier molecular flexibility index (Phi) is 8.31. The first kappa shape index (κ1) is 25.9. The van der Waals surface area contributed by atoms with Crippen molar-refractivity contribution in [3.63, 3.8) is 0 Å². The lowest BCUT2D eigenvalue weighted by atomic mass is 9.69. The maximum absolute atomic E-state index is 14.7. The maximum atomic E-state index is 14.7. The molecule has 0 bridgehead atoms. The SMILES string of the molecule is C=CCCc1ccc(C(F)(F)OC2CCC(C3CCC(c4cc(F)c(F)c(F)c4)CC3)CC2)cc1. The number of halogens is 5. The van der Waals surface area contributed by atoms with Crippen LogP contribution >= 0.6 is 0 Å². The van der Waals surface area contributed by atoms with Gasteiger partial charge in [-0.3, -0.25) is 0 Å². The summed E-state index contributed by atoms with van der Waals surface area (Å²) in [6, 6.07) is 8.56. The average molecular weight is 493 g/mol. The number of rotatable bonds is 8. The van der Waals surface area contributed by atoms with Gasteiger partial charge in [0.05, 0.1) is 11.7 Å². The summed E-state index contributed by atoms with van der Waals surface area (Å²) in [5, 5.41) is 0. The van der Waals surface area contributed by atoms with E-state index in [4.69, 9.17) is 4.74 Å². The largest absolute Gasteiger partial charge is 0.383 e. The van der Waals surface area contributed by atoms with Gasteiger partial charge in [0.2, 0.25) is 0 Å². The first-order valence-corrected chi connectivity index (χ1v) is 12.7. The predicted molar refractivity (Wildman–Crippen MR) is 127 cm³/mol. The van der Waals surface area contributed by atoms with Crippen molar-refractivity contribution < 1.29 is 26.7 Å². The molecule has 0 saturated heterocycles. The van der Waals surface area contributed by atoms with Gasteiger partial charge in [0.25, 0.3) is 0 Å². The van der Waals surface area contributed by atoms with Crippen LogP contribution in [0.4, 0.5) is 22.0 Å². The Morgan fingerprint density at radius 1 is 0.829 bits per heavy atom. The molecule has 1 nitrogen and oxygen atoms in total. The Morgan fingerprint density at radius 3 is 1.91 bits per heavy atom. The minimum Gasteiger partial charge on any atom is -0.313 e. The zero-order valence-corrected chi connectivity index (χ0v) is 19.9. The topological polar surface area (TPSA) is 9.23 Å². The van der Waals surface area contributed by atoms with Crippen molar-refractivity contribution in [1.29, 1.82) is 0 Å². The number of benzene rings is 2. The van der Waals surface area contributed by atoms with Crippen molar-refractivity contribution in [3.8, 4) is 0 Å². The molecule has 0 unspecified atom stereocenters. The molecule has 0 radical (unpaired) electrons. The molecule has 35 heavy (non-hydrogen) atoms. The molecule has 2 saturated carbocycles. The van der Waals surface area contributed by atoms with Crippen molar-refractivity contribution >= 4 is 0 Å². The molecule has 2 aromatic carbocycles. The number of ether oxygens (including phenoxy) is 1. The van der Waals surface area contributed by atoms with Gasteiger partial charge in [-0.2, -0.15) is 8.78 Å². The Hall–Kier alpha value is -2.21. The number of allylic oxidation sites excluding steroid dienone is 1. The Balaban J connectivity index is 1.25. The fraction of sp³-hybridized carbons (Fsp3) is 0.517. The van der Waals surface area contributed by atoms with Crippen molar-refractivity contribution in [2.75, 3.05) is 0 Å². The molecule has 2 aliphatic rings. The summed E-state index contributed by atoms with van der Waals surface area (Å²) in [7, 11) is 0. The van der Waals surface area contributed by atoms with Gasteiger partial charge >= 0.3 is 6.11 Å². The fourth-order valence-electron chi connectivity index (χ4n) is 5.82. The van der Waals surface area contributed by atoms with Crippen molar-refractivity contribution in [3.05, 3.63) is 83.2 Å². The van der Waals surface area contributed by atoms with Crippen molar-refractivity contribution in [1.82, 2.24) is 0 Å². The quantitative estimate of drug-likeness (QED) is 0.203. The van der Waals surface area contributed by atoms with Crippen molar-refractivity contribution in [2.45, 2.75) is 82.3 Å². The van der Waals surface area contributed by atoms with Crippen LogP contribution in [0.1, 0.15) is 80.4 Å². The number of hydrogen-bond acceptors (Lipinski definition) is 1. The molecular formula is C29H33F5O. The first-order chi connectivity index (χ1) is 16.8. The molecular weight excluding hydrogens is 459 g/mol. The van der Waals surface area contributed by atoms with E-state index in [1.807, 2.05) is 0 Å². The van der Waals surface area contributed by atoms with Gasteiger partial charge in [0.1, 0.15) is 0 Å². The molecule has 0 aliphatic heterocycles. The molecule has 0 aromatic heterocycles. The van der Waals surface area contributed by atoms with Gasteiger partial charge in [-0.1, -0.05) is 30.3 Å². The highest BCUT2D eigenvalue weighted by molar-refractivity contribution is 5.25. The highest BCUT2D eigenvalue weighted by atomic mass is 19.3. The van der Waals surface area contributed by atoms with Gasteiger partial charge in [-0.15, -0.1) is 6.58 Å². The average Bonchev–Trinajstić information content (AvgIpc) is 2.86. The fourth-order valence-corrected chi connectivity index (χ4v) is 5.82. The molecule has 2 aromatic rings. The van der Waals surface area contributed by atoms with Gasteiger partial charge < -0.3 is 4.74 Å². The lowest BCUT2D eigenvalue weighted by Gasteiger charge is -2.38. The van der Waals surface area contributed by atoms with E-state index in [2.05, 4.69) is 6.58 Å². The Bertz CT molecular complexity index is 964. The maximum Gasteiger partial charge on any atom is 0.383 e. The Labute approximate surface area is 204 Å². The van der Waals surface area contributed by atoms with Crippen LogP contribution in [0.25, 0.3) is 0 Å². The van der Waals surface area contributed by atoms with Crippen molar-refractivity contribution in [2.24, 2.45) is 11.8 Å². The molecule has 0 spiro atoms. The minimum absolute atomic E-state index is 0.0253. The summed E-state index contributed by atoms with van der Waals surface area (Å²) in [6.07, 6.45) is 5.95. The second-order valence-electron chi connectivity index (χ2n) is 10.1. The van der Waals surface area contributed by atoms with E-state index in [0.717, 1.165) is 69.1 Å². The van der Waals surface area contributed by atoms with Crippen LogP contribution in [0, 0.1) is 29.3 Å². The van der Waals surface area contributed by atoms with Crippen LogP contribution in [-0.2, 0) is 17.3 Å². The number of aryl methyl sites for hydroxylation is 1. The van der Waals surface area contributed by atoms with E-state index >= 15 is 0 Å². The minimum atomic E-state index is -3.31. The molecule has 0 amide bonds. The number of hydrogen-bond donors (Lipinski definition) is 0. The van der Waals surface area contributed by atoms with E-state index in [-0.39, 0.29) is 11.5 Å². The lowest BCUT2D eigenvalue weighted by Crippen LogP contribution is -2.32. The molecule has 2 aliphatic carbocycles. The summed E-state index contributed by atoms with van der Waals surface area (Å²) in [5.74, 6) is -2.74. The van der Waals surface area contributed by atoms with Crippen LogP contribution in [0.15, 0.2) is 49.1 Å². The van der Waals surface area contributed by atoms with Crippen LogP contribution in [0.3, 0.4) is 0 Å². The zero-order valence-electron chi connectivity index (χ0n) is 19.9. The third kappa shape index (κ3) is 6.32. The normalized spacial score (nSPS) is 25.4. The second-order valence-corrected chi connectivity index (χ2v) is 10.1. The monoisotopic (exact) mass is 492 g/mol. The van der Waals surface area contributed by atoms with E-state index in [9.17, 15) is 22.0 Å². The standard InChI is InChI=1S/C29H33F5O/c1-2-3-4-19-5-13-24(14-6-19)29(33,34)35-25-15-11-21(12-16-25)20-7-9-22(10-8-20)23-17-26(30)28(32)27(31)18-23/h2,5-6,13-14,17-18,20-22,25H,1,3-4,7-12,15-16H2. The highest BCUT2D eigenvalue weighted by Crippen LogP contribution is 2.44. The van der Waals surface area contributed by atoms with Gasteiger partial charge in [-0.25, -0.2) is 13.2 Å². The molecule has 190 valence electrons. The third-order valence-corrected chi connectivity index (χ3v) is 7.88. The lowest BCUT2D eigenvalue weighted by molar-refractivity contribution is -0.278. The molecule has 0 atom stereocenters. The first-order valence-electron chi connectivity index (χ1n) is 12.7. The van der Waals surface area contributed by atoms with Crippen LogP contribution in [0.2, 0.25) is 0 Å². The molecule has 0 N–H and O–H groups in total. The molecule has 2 fully saturated rings. The smallest absolute Gasteiger partial charge is 0.313 e. The van der Waals surface area contributed by atoms with Gasteiger partial charge in [-0.05, 0) is 105 Å². The molecule has 0 heterocycles.